The van der Waals surface area contributed by atoms with E-state index < -0.39 is 5.91 Å². The fourth-order valence-electron chi connectivity index (χ4n) is 3.27. The summed E-state index contributed by atoms with van der Waals surface area (Å²) < 4.78 is 0. The average molecular weight is 393 g/mol. The summed E-state index contributed by atoms with van der Waals surface area (Å²) in [6, 6.07) is 16.1. The van der Waals surface area contributed by atoms with Gasteiger partial charge in [0.1, 0.15) is 5.70 Å². The molecular formula is C22H23N3O4. The standard InChI is InChI=1S/C22H23N3O4/c1-15(27)23-18-10-8-17(9-11-18)19-20(24(2)12-13-26)22(29)25(21(19)28)14-16-6-4-3-5-7-16/h3-11,26H,12-14H2,1-2H3,(H,23,27). The third kappa shape index (κ3) is 4.35. The topological polar surface area (TPSA) is 90.0 Å². The normalized spacial score (nSPS) is 13.8. The summed E-state index contributed by atoms with van der Waals surface area (Å²) in [5.41, 5.74) is 2.57. The second-order valence-corrected chi connectivity index (χ2v) is 6.81. The summed E-state index contributed by atoms with van der Waals surface area (Å²) in [5, 5.41) is 12.0. The zero-order valence-electron chi connectivity index (χ0n) is 16.4. The molecule has 1 aliphatic heterocycles. The van der Waals surface area contributed by atoms with E-state index in [1.54, 1.807) is 36.2 Å². The second kappa shape index (κ2) is 8.70. The Hall–Kier alpha value is -3.45. The minimum atomic E-state index is -0.393. The van der Waals surface area contributed by atoms with Gasteiger partial charge in [-0.15, -0.1) is 0 Å². The summed E-state index contributed by atoms with van der Waals surface area (Å²) in [6.07, 6.45) is 0. The molecule has 2 aromatic carbocycles. The van der Waals surface area contributed by atoms with Gasteiger partial charge in [-0.1, -0.05) is 42.5 Å². The van der Waals surface area contributed by atoms with Gasteiger partial charge < -0.3 is 15.3 Å². The van der Waals surface area contributed by atoms with Crippen LogP contribution in [-0.2, 0) is 20.9 Å². The number of amides is 3. The van der Waals surface area contributed by atoms with Crippen LogP contribution < -0.4 is 5.32 Å². The van der Waals surface area contributed by atoms with Gasteiger partial charge in [0.25, 0.3) is 11.8 Å². The number of likely N-dealkylation sites (N-methyl/N-ethyl adjacent to an activating group) is 1. The van der Waals surface area contributed by atoms with Crippen LogP contribution in [-0.4, -0.2) is 52.8 Å². The van der Waals surface area contributed by atoms with Crippen LogP contribution in [0.2, 0.25) is 0 Å². The number of rotatable bonds is 7. The predicted octanol–water partition coefficient (Wildman–Crippen LogP) is 1.85. The number of anilines is 1. The molecule has 1 heterocycles. The number of hydrogen-bond acceptors (Lipinski definition) is 5. The van der Waals surface area contributed by atoms with Crippen LogP contribution in [0.15, 0.2) is 60.3 Å². The number of nitrogens with zero attached hydrogens (tertiary/aromatic N) is 2. The zero-order valence-corrected chi connectivity index (χ0v) is 16.4. The first-order chi connectivity index (χ1) is 13.9. The largest absolute Gasteiger partial charge is 0.395 e. The highest BCUT2D eigenvalue weighted by Crippen LogP contribution is 2.32. The van der Waals surface area contributed by atoms with Crippen molar-refractivity contribution < 1.29 is 19.5 Å². The van der Waals surface area contributed by atoms with Crippen molar-refractivity contribution in [2.24, 2.45) is 0 Å². The minimum Gasteiger partial charge on any atom is -0.395 e. The van der Waals surface area contributed by atoms with Gasteiger partial charge in [0.15, 0.2) is 0 Å². The molecule has 0 bridgehead atoms. The average Bonchev–Trinajstić information content (AvgIpc) is 2.94. The lowest BCUT2D eigenvalue weighted by Gasteiger charge is -2.20. The van der Waals surface area contributed by atoms with Crippen LogP contribution >= 0.6 is 0 Å². The van der Waals surface area contributed by atoms with Crippen LogP contribution in [0.5, 0.6) is 0 Å². The van der Waals surface area contributed by atoms with Crippen molar-refractivity contribution in [1.82, 2.24) is 9.80 Å². The van der Waals surface area contributed by atoms with Gasteiger partial charge in [0.2, 0.25) is 5.91 Å². The van der Waals surface area contributed by atoms with Gasteiger partial charge in [-0.05, 0) is 23.3 Å². The molecule has 0 saturated heterocycles. The van der Waals surface area contributed by atoms with E-state index in [1.165, 1.54) is 11.8 Å². The summed E-state index contributed by atoms with van der Waals surface area (Å²) in [7, 11) is 1.68. The van der Waals surface area contributed by atoms with Crippen molar-refractivity contribution in [3.63, 3.8) is 0 Å². The molecule has 1 aliphatic rings. The SMILES string of the molecule is CC(=O)Nc1ccc(C2=C(N(C)CCO)C(=O)N(Cc3ccccc3)C2=O)cc1. The quantitative estimate of drug-likeness (QED) is 0.701. The Morgan fingerprint density at radius 3 is 2.28 bits per heavy atom. The second-order valence-electron chi connectivity index (χ2n) is 6.81. The van der Waals surface area contributed by atoms with Crippen LogP contribution in [0.1, 0.15) is 18.1 Å². The van der Waals surface area contributed by atoms with Crippen molar-refractivity contribution in [3.05, 3.63) is 71.4 Å². The zero-order chi connectivity index (χ0) is 21.0. The first kappa shape index (κ1) is 20.3. The molecule has 2 N–H and O–H groups in total. The molecule has 0 aromatic heterocycles. The van der Waals surface area contributed by atoms with Gasteiger partial charge in [0.05, 0.1) is 18.7 Å². The van der Waals surface area contributed by atoms with Crippen molar-refractivity contribution in [2.75, 3.05) is 25.5 Å². The molecule has 0 aliphatic carbocycles. The van der Waals surface area contributed by atoms with E-state index >= 15 is 0 Å². The van der Waals surface area contributed by atoms with Gasteiger partial charge in [0, 0.05) is 26.2 Å². The summed E-state index contributed by atoms with van der Waals surface area (Å²) in [6.45, 7) is 1.66. The highest BCUT2D eigenvalue weighted by Gasteiger charge is 2.40. The van der Waals surface area contributed by atoms with Gasteiger partial charge in [-0.3, -0.25) is 19.3 Å². The van der Waals surface area contributed by atoms with E-state index in [0.717, 1.165) is 5.56 Å². The van der Waals surface area contributed by atoms with Gasteiger partial charge in [-0.25, -0.2) is 0 Å². The van der Waals surface area contributed by atoms with E-state index in [-0.39, 0.29) is 42.8 Å². The molecule has 3 amide bonds. The lowest BCUT2D eigenvalue weighted by atomic mass is 10.0. The highest BCUT2D eigenvalue weighted by molar-refractivity contribution is 6.35. The van der Waals surface area contributed by atoms with E-state index in [0.29, 0.717) is 11.3 Å². The number of nitrogens with one attached hydrogen (secondary N) is 1. The third-order valence-electron chi connectivity index (χ3n) is 4.64. The van der Waals surface area contributed by atoms with Crippen molar-refractivity contribution >= 4 is 29.0 Å². The molecule has 7 nitrogen and oxygen atoms in total. The van der Waals surface area contributed by atoms with Crippen molar-refractivity contribution in [2.45, 2.75) is 13.5 Å². The third-order valence-corrected chi connectivity index (χ3v) is 4.64. The van der Waals surface area contributed by atoms with Crippen molar-refractivity contribution in [3.8, 4) is 0 Å². The van der Waals surface area contributed by atoms with E-state index in [9.17, 15) is 19.5 Å². The Bertz CT molecular complexity index is 952. The van der Waals surface area contributed by atoms with E-state index in [1.807, 2.05) is 30.3 Å². The van der Waals surface area contributed by atoms with Crippen LogP contribution in [0.4, 0.5) is 5.69 Å². The number of hydrogen-bond donors (Lipinski definition) is 2. The van der Waals surface area contributed by atoms with Gasteiger partial charge >= 0.3 is 0 Å². The molecule has 0 radical (unpaired) electrons. The maximum absolute atomic E-state index is 13.2. The molecule has 0 spiro atoms. The maximum Gasteiger partial charge on any atom is 0.278 e. The number of carbonyl (C=O) groups is 3. The smallest absolute Gasteiger partial charge is 0.278 e. The van der Waals surface area contributed by atoms with E-state index in [2.05, 4.69) is 5.32 Å². The molecule has 0 atom stereocenters. The number of carbonyl (C=O) groups excluding carboxylic acids is 3. The predicted molar refractivity (Wildman–Crippen MR) is 109 cm³/mol. The lowest BCUT2D eigenvalue weighted by molar-refractivity contribution is -0.138. The fraction of sp³-hybridized carbons (Fsp3) is 0.227. The Kier molecular flexibility index (Phi) is 6.09. The maximum atomic E-state index is 13.2. The van der Waals surface area contributed by atoms with Crippen molar-refractivity contribution in [1.29, 1.82) is 0 Å². The van der Waals surface area contributed by atoms with Crippen LogP contribution in [0.25, 0.3) is 5.57 Å². The number of aliphatic hydroxyl groups excluding tert-OH is 1. The summed E-state index contributed by atoms with van der Waals surface area (Å²) >= 11 is 0. The summed E-state index contributed by atoms with van der Waals surface area (Å²) in [4.78, 5) is 40.3. The van der Waals surface area contributed by atoms with Crippen LogP contribution in [0, 0.1) is 0 Å². The first-order valence-electron chi connectivity index (χ1n) is 9.26. The Balaban J connectivity index is 1.98. The Labute approximate surface area is 169 Å². The van der Waals surface area contributed by atoms with E-state index in [4.69, 9.17) is 0 Å². The fourth-order valence-corrected chi connectivity index (χ4v) is 3.27. The molecule has 0 fully saturated rings. The minimum absolute atomic E-state index is 0.144. The summed E-state index contributed by atoms with van der Waals surface area (Å²) in [5.74, 6) is -0.969. The molecule has 7 heteroatoms. The van der Waals surface area contributed by atoms with Crippen LogP contribution in [0.3, 0.4) is 0 Å². The molecule has 29 heavy (non-hydrogen) atoms. The molecule has 0 unspecified atom stereocenters. The molecular weight excluding hydrogens is 370 g/mol. The Morgan fingerprint density at radius 1 is 1.03 bits per heavy atom. The molecule has 3 rings (SSSR count). The number of aliphatic hydroxyl groups is 1. The number of imide groups is 1. The lowest BCUT2D eigenvalue weighted by Crippen LogP contribution is -2.34. The highest BCUT2D eigenvalue weighted by atomic mass is 16.3. The number of benzene rings is 2. The molecule has 150 valence electrons. The molecule has 0 saturated carbocycles. The monoisotopic (exact) mass is 393 g/mol. The Morgan fingerprint density at radius 2 is 1.69 bits per heavy atom. The molecule has 2 aromatic rings. The first-order valence-corrected chi connectivity index (χ1v) is 9.26. The van der Waals surface area contributed by atoms with Gasteiger partial charge in [-0.2, -0.15) is 0 Å².